The molecule has 0 aliphatic carbocycles. The molecule has 21 heavy (non-hydrogen) atoms. The van der Waals surface area contributed by atoms with E-state index in [4.69, 9.17) is 11.6 Å². The number of alkyl halides is 1. The molecule has 1 aliphatic heterocycles. The molecule has 0 spiro atoms. The number of likely N-dealkylation sites (N-methyl/N-ethyl adjacent to an activating group) is 1. The molecular weight excluding hydrogens is 357 g/mol. The van der Waals surface area contributed by atoms with Crippen molar-refractivity contribution < 1.29 is 9.18 Å². The first kappa shape index (κ1) is 14.5. The highest BCUT2D eigenvalue weighted by molar-refractivity contribution is 9.09. The van der Waals surface area contributed by atoms with Crippen LogP contribution >= 0.6 is 27.5 Å². The summed E-state index contributed by atoms with van der Waals surface area (Å²) in [6, 6.07) is 10.2. The van der Waals surface area contributed by atoms with E-state index in [2.05, 4.69) is 15.9 Å². The lowest BCUT2D eigenvalue weighted by Crippen LogP contribution is -2.20. The monoisotopic (exact) mass is 367 g/mol. The van der Waals surface area contributed by atoms with Gasteiger partial charge in [-0.3, -0.25) is 4.79 Å². The molecule has 1 amide bonds. The van der Waals surface area contributed by atoms with Crippen LogP contribution in [0.5, 0.6) is 0 Å². The van der Waals surface area contributed by atoms with Gasteiger partial charge in [0.15, 0.2) is 0 Å². The van der Waals surface area contributed by atoms with E-state index < -0.39 is 0 Å². The maximum absolute atomic E-state index is 13.1. The quantitative estimate of drug-likeness (QED) is 0.716. The van der Waals surface area contributed by atoms with Crippen LogP contribution in [0.3, 0.4) is 0 Å². The highest BCUT2D eigenvalue weighted by Crippen LogP contribution is 2.38. The number of anilines is 1. The molecule has 0 bridgehead atoms. The van der Waals surface area contributed by atoms with Crippen LogP contribution in [0.1, 0.15) is 21.5 Å². The Morgan fingerprint density at radius 2 is 2.05 bits per heavy atom. The Morgan fingerprint density at radius 3 is 2.76 bits per heavy atom. The molecule has 1 atom stereocenters. The summed E-state index contributed by atoms with van der Waals surface area (Å²) in [5.41, 5.74) is 3.73. The number of benzene rings is 2. The van der Waals surface area contributed by atoms with E-state index in [0.717, 1.165) is 22.4 Å². The Labute approximate surface area is 135 Å². The molecule has 2 aromatic rings. The number of fused-ring (bicyclic) bond motifs is 1. The second kappa shape index (κ2) is 5.43. The van der Waals surface area contributed by atoms with Crippen LogP contribution in [0.4, 0.5) is 10.1 Å². The number of carbonyl (C=O) groups excluding carboxylic acids is 1. The Balaban J connectivity index is 1.98. The van der Waals surface area contributed by atoms with Gasteiger partial charge in [-0.15, -0.1) is 0 Å². The van der Waals surface area contributed by atoms with Crippen LogP contribution in [0.25, 0.3) is 0 Å². The van der Waals surface area contributed by atoms with Gasteiger partial charge in [0.2, 0.25) is 5.91 Å². The van der Waals surface area contributed by atoms with Gasteiger partial charge in [-0.05, 0) is 34.9 Å². The van der Waals surface area contributed by atoms with Gasteiger partial charge in [0.05, 0.1) is 11.2 Å². The lowest BCUT2D eigenvalue weighted by molar-refractivity contribution is -0.117. The zero-order valence-corrected chi connectivity index (χ0v) is 13.6. The number of carbonyl (C=O) groups is 1. The van der Waals surface area contributed by atoms with Crippen molar-refractivity contribution in [3.63, 3.8) is 0 Å². The topological polar surface area (TPSA) is 20.3 Å². The predicted molar refractivity (Wildman–Crippen MR) is 85.7 cm³/mol. The van der Waals surface area contributed by atoms with Crippen molar-refractivity contribution in [2.45, 2.75) is 11.2 Å². The van der Waals surface area contributed by atoms with Crippen LogP contribution in [-0.4, -0.2) is 13.0 Å². The van der Waals surface area contributed by atoms with Gasteiger partial charge >= 0.3 is 0 Å². The van der Waals surface area contributed by atoms with Gasteiger partial charge in [0, 0.05) is 17.8 Å². The minimum Gasteiger partial charge on any atom is -0.315 e. The summed E-state index contributed by atoms with van der Waals surface area (Å²) in [6.45, 7) is 0. The van der Waals surface area contributed by atoms with E-state index in [1.54, 1.807) is 18.0 Å². The molecule has 1 unspecified atom stereocenters. The maximum atomic E-state index is 13.1. The average Bonchev–Trinajstić information content (AvgIpc) is 2.73. The zero-order valence-electron chi connectivity index (χ0n) is 11.2. The number of hydrogen-bond donors (Lipinski definition) is 0. The highest BCUT2D eigenvalue weighted by atomic mass is 79.9. The van der Waals surface area contributed by atoms with E-state index in [0.29, 0.717) is 11.4 Å². The molecule has 1 heterocycles. The molecule has 2 nitrogen and oxygen atoms in total. The molecule has 0 fully saturated rings. The third kappa shape index (κ3) is 2.58. The van der Waals surface area contributed by atoms with Gasteiger partial charge in [0.1, 0.15) is 5.82 Å². The normalized spacial score (nSPS) is 15.2. The van der Waals surface area contributed by atoms with E-state index >= 15 is 0 Å². The Hall–Kier alpha value is -1.39. The number of nitrogens with zero attached hydrogens (tertiary/aromatic N) is 1. The molecule has 0 radical (unpaired) electrons. The second-order valence-electron chi connectivity index (χ2n) is 5.05. The van der Waals surface area contributed by atoms with Crippen molar-refractivity contribution in [3.05, 3.63) is 63.9 Å². The van der Waals surface area contributed by atoms with Crippen molar-refractivity contribution in [3.8, 4) is 0 Å². The molecule has 0 N–H and O–H groups in total. The fraction of sp³-hybridized carbons (Fsp3) is 0.188. The van der Waals surface area contributed by atoms with Gasteiger partial charge in [0.25, 0.3) is 0 Å². The zero-order chi connectivity index (χ0) is 15.1. The van der Waals surface area contributed by atoms with Gasteiger partial charge in [-0.2, -0.15) is 0 Å². The minimum absolute atomic E-state index is 0.0908. The molecule has 0 saturated carbocycles. The van der Waals surface area contributed by atoms with Crippen LogP contribution in [0.15, 0.2) is 36.4 Å². The van der Waals surface area contributed by atoms with E-state index in [9.17, 15) is 9.18 Å². The first-order chi connectivity index (χ1) is 9.97. The third-order valence-electron chi connectivity index (χ3n) is 3.71. The first-order valence-electron chi connectivity index (χ1n) is 6.46. The largest absolute Gasteiger partial charge is 0.315 e. The van der Waals surface area contributed by atoms with Crippen molar-refractivity contribution in [2.75, 3.05) is 11.9 Å². The molecule has 1 aliphatic rings. The van der Waals surface area contributed by atoms with Crippen molar-refractivity contribution >= 4 is 39.1 Å². The number of rotatable bonds is 2. The standard InChI is InChI=1S/C16H12BrClFNO/c1-20-14-5-2-9(6-10(14)7-15(20)21)16(17)12-4-3-11(19)8-13(12)18/h2-6,8,16H,7H2,1H3. The molecule has 3 rings (SSSR count). The Bertz CT molecular complexity index is 734. The van der Waals surface area contributed by atoms with Gasteiger partial charge < -0.3 is 4.90 Å². The fourth-order valence-electron chi connectivity index (χ4n) is 2.53. The summed E-state index contributed by atoms with van der Waals surface area (Å²) in [5.74, 6) is -0.266. The molecule has 0 saturated heterocycles. The molecule has 0 aromatic heterocycles. The van der Waals surface area contributed by atoms with E-state index in [-0.39, 0.29) is 16.6 Å². The number of halogens is 3. The van der Waals surface area contributed by atoms with Crippen molar-refractivity contribution in [1.29, 1.82) is 0 Å². The summed E-state index contributed by atoms with van der Waals surface area (Å²) in [7, 11) is 1.77. The van der Waals surface area contributed by atoms with E-state index in [1.807, 2.05) is 18.2 Å². The summed E-state index contributed by atoms with van der Waals surface area (Å²) < 4.78 is 13.1. The highest BCUT2D eigenvalue weighted by Gasteiger charge is 2.25. The summed E-state index contributed by atoms with van der Waals surface area (Å²) in [4.78, 5) is 13.2. The molecule has 108 valence electrons. The SMILES string of the molecule is CN1C(=O)Cc2cc(C(Br)c3ccc(F)cc3Cl)ccc21. The van der Waals surface area contributed by atoms with Crippen LogP contribution in [0.2, 0.25) is 5.02 Å². The van der Waals surface area contributed by atoms with E-state index in [1.165, 1.54) is 12.1 Å². The predicted octanol–water partition coefficient (Wildman–Crippen LogP) is 4.48. The lowest BCUT2D eigenvalue weighted by Gasteiger charge is -2.15. The molecule has 5 heteroatoms. The van der Waals surface area contributed by atoms with Crippen LogP contribution in [-0.2, 0) is 11.2 Å². The van der Waals surface area contributed by atoms with Crippen molar-refractivity contribution in [1.82, 2.24) is 0 Å². The lowest BCUT2D eigenvalue weighted by atomic mass is 10.0. The number of amides is 1. The van der Waals surface area contributed by atoms with Gasteiger partial charge in [-0.1, -0.05) is 45.7 Å². The molecular formula is C16H12BrClFNO. The average molecular weight is 369 g/mol. The van der Waals surface area contributed by atoms with Crippen LogP contribution < -0.4 is 4.90 Å². The first-order valence-corrected chi connectivity index (χ1v) is 7.75. The Morgan fingerprint density at radius 1 is 1.29 bits per heavy atom. The minimum atomic E-state index is -0.357. The maximum Gasteiger partial charge on any atom is 0.231 e. The third-order valence-corrected chi connectivity index (χ3v) is 5.06. The summed E-state index contributed by atoms with van der Waals surface area (Å²) in [6.07, 6.45) is 0.413. The Kier molecular flexibility index (Phi) is 3.76. The van der Waals surface area contributed by atoms with Gasteiger partial charge in [-0.25, -0.2) is 4.39 Å². The summed E-state index contributed by atoms with van der Waals surface area (Å²) >= 11 is 9.71. The van der Waals surface area contributed by atoms with Crippen molar-refractivity contribution in [2.24, 2.45) is 0 Å². The summed E-state index contributed by atoms with van der Waals surface area (Å²) in [5, 5.41) is 0.380. The fourth-order valence-corrected chi connectivity index (χ4v) is 3.63. The molecule has 2 aromatic carbocycles. The smallest absolute Gasteiger partial charge is 0.231 e. The van der Waals surface area contributed by atoms with Crippen LogP contribution in [0, 0.1) is 5.82 Å². The number of hydrogen-bond acceptors (Lipinski definition) is 1. The second-order valence-corrected chi connectivity index (χ2v) is 6.37.